The van der Waals surface area contributed by atoms with E-state index in [4.69, 9.17) is 4.74 Å². The summed E-state index contributed by atoms with van der Waals surface area (Å²) in [5.74, 6) is 0. The Morgan fingerprint density at radius 2 is 2.38 bits per heavy atom. The molecule has 0 aromatic carbocycles. The summed E-state index contributed by atoms with van der Waals surface area (Å²) in [4.78, 5) is 2.84. The van der Waals surface area contributed by atoms with E-state index in [1.54, 1.807) is 0 Å². The normalized spacial score (nSPS) is 22.6. The van der Waals surface area contributed by atoms with Gasteiger partial charge >= 0.3 is 0 Å². The lowest BCUT2D eigenvalue weighted by molar-refractivity contribution is 0.0954. The van der Waals surface area contributed by atoms with Crippen molar-refractivity contribution < 1.29 is 4.74 Å². The predicted octanol–water partition coefficient (Wildman–Crippen LogP) is 3.19. The van der Waals surface area contributed by atoms with Gasteiger partial charge in [-0.3, -0.25) is 0 Å². The highest BCUT2D eigenvalue weighted by molar-refractivity contribution is 7.12. The van der Waals surface area contributed by atoms with Crippen LogP contribution in [0.4, 0.5) is 0 Å². The third-order valence-electron chi connectivity index (χ3n) is 3.33. The number of nitrogens with one attached hydrogen (secondary N) is 1. The first kappa shape index (κ1) is 12.1. The maximum absolute atomic E-state index is 5.72. The average molecular weight is 239 g/mol. The highest BCUT2D eigenvalue weighted by Crippen LogP contribution is 2.31. The minimum atomic E-state index is 0.452. The molecule has 2 atom stereocenters. The van der Waals surface area contributed by atoms with Gasteiger partial charge in [-0.05, 0) is 51.8 Å². The van der Waals surface area contributed by atoms with E-state index in [0.29, 0.717) is 12.1 Å². The number of hydrogen-bond donors (Lipinski definition) is 1. The summed E-state index contributed by atoms with van der Waals surface area (Å²) in [5, 5.41) is 3.43. The second kappa shape index (κ2) is 5.30. The molecule has 1 aromatic heterocycles. The van der Waals surface area contributed by atoms with Crippen molar-refractivity contribution in [2.45, 2.75) is 45.3 Å². The third-order valence-corrected chi connectivity index (χ3v) is 4.31. The molecule has 1 aliphatic rings. The summed E-state index contributed by atoms with van der Waals surface area (Å²) in [7, 11) is 2.05. The van der Waals surface area contributed by atoms with E-state index in [9.17, 15) is 0 Å². The lowest BCUT2D eigenvalue weighted by Gasteiger charge is -2.20. The Morgan fingerprint density at radius 1 is 1.56 bits per heavy atom. The number of hydrogen-bond acceptors (Lipinski definition) is 3. The van der Waals surface area contributed by atoms with Crippen molar-refractivity contribution in [2.75, 3.05) is 13.7 Å². The van der Waals surface area contributed by atoms with Gasteiger partial charge in [0.05, 0.1) is 6.10 Å². The van der Waals surface area contributed by atoms with Crippen molar-refractivity contribution >= 4 is 11.3 Å². The van der Waals surface area contributed by atoms with Crippen LogP contribution in [0.3, 0.4) is 0 Å². The van der Waals surface area contributed by atoms with Crippen LogP contribution < -0.4 is 5.32 Å². The molecule has 0 spiro atoms. The van der Waals surface area contributed by atoms with Gasteiger partial charge in [0.15, 0.2) is 0 Å². The van der Waals surface area contributed by atoms with Crippen LogP contribution in [0.1, 0.15) is 40.6 Å². The molecule has 0 saturated carbocycles. The maximum atomic E-state index is 5.72. The largest absolute Gasteiger partial charge is 0.378 e. The number of rotatable bonds is 4. The molecule has 3 heteroatoms. The molecule has 0 radical (unpaired) electrons. The molecule has 1 saturated heterocycles. The molecule has 1 fully saturated rings. The number of thiophene rings is 1. The van der Waals surface area contributed by atoms with E-state index in [0.717, 1.165) is 13.0 Å². The molecule has 16 heavy (non-hydrogen) atoms. The van der Waals surface area contributed by atoms with Gasteiger partial charge in [-0.15, -0.1) is 11.3 Å². The Kier molecular flexibility index (Phi) is 4.00. The first-order valence-electron chi connectivity index (χ1n) is 6.06. The minimum Gasteiger partial charge on any atom is -0.378 e. The van der Waals surface area contributed by atoms with Crippen molar-refractivity contribution in [2.24, 2.45) is 0 Å². The molecule has 2 nitrogen and oxygen atoms in total. The predicted molar refractivity (Wildman–Crippen MR) is 69.2 cm³/mol. The van der Waals surface area contributed by atoms with Crippen LogP contribution in [0.15, 0.2) is 6.07 Å². The molecule has 0 aliphatic carbocycles. The molecular weight excluding hydrogens is 218 g/mol. The van der Waals surface area contributed by atoms with Gasteiger partial charge in [0.25, 0.3) is 0 Å². The summed E-state index contributed by atoms with van der Waals surface area (Å²) in [6, 6.07) is 2.77. The fraction of sp³-hybridized carbons (Fsp3) is 0.692. The van der Waals surface area contributed by atoms with E-state index >= 15 is 0 Å². The van der Waals surface area contributed by atoms with Crippen molar-refractivity contribution in [1.82, 2.24) is 5.32 Å². The van der Waals surface area contributed by atoms with Crippen molar-refractivity contribution in [3.63, 3.8) is 0 Å². The molecule has 2 unspecified atom stereocenters. The van der Waals surface area contributed by atoms with Gasteiger partial charge in [0.1, 0.15) is 0 Å². The zero-order chi connectivity index (χ0) is 11.5. The smallest absolute Gasteiger partial charge is 0.0594 e. The molecule has 1 N–H and O–H groups in total. The summed E-state index contributed by atoms with van der Waals surface area (Å²) in [5.41, 5.74) is 1.46. The second-order valence-electron chi connectivity index (χ2n) is 4.58. The molecule has 2 heterocycles. The lowest BCUT2D eigenvalue weighted by Crippen LogP contribution is -2.22. The fourth-order valence-corrected chi connectivity index (χ4v) is 3.48. The molecule has 1 aliphatic heterocycles. The van der Waals surface area contributed by atoms with Crippen molar-refractivity contribution in [1.29, 1.82) is 0 Å². The molecule has 90 valence electrons. The van der Waals surface area contributed by atoms with Gasteiger partial charge < -0.3 is 10.1 Å². The second-order valence-corrected chi connectivity index (χ2v) is 6.04. The van der Waals surface area contributed by atoms with E-state index in [2.05, 4.69) is 25.2 Å². The van der Waals surface area contributed by atoms with Crippen LogP contribution in [0, 0.1) is 13.8 Å². The Balaban J connectivity index is 2.06. The highest BCUT2D eigenvalue weighted by atomic mass is 32.1. The minimum absolute atomic E-state index is 0.452. The number of ether oxygens (including phenoxy) is 1. The van der Waals surface area contributed by atoms with Crippen LogP contribution in [0.5, 0.6) is 0 Å². The topological polar surface area (TPSA) is 21.3 Å². The van der Waals surface area contributed by atoms with Crippen LogP contribution in [-0.4, -0.2) is 19.8 Å². The van der Waals surface area contributed by atoms with E-state index in [1.165, 1.54) is 28.2 Å². The first-order chi connectivity index (χ1) is 7.70. The summed E-state index contributed by atoms with van der Waals surface area (Å²) in [6.07, 6.45) is 4.01. The van der Waals surface area contributed by atoms with Crippen molar-refractivity contribution in [3.8, 4) is 0 Å². The maximum Gasteiger partial charge on any atom is 0.0594 e. The van der Waals surface area contributed by atoms with Gasteiger partial charge in [-0.25, -0.2) is 0 Å². The fourth-order valence-electron chi connectivity index (χ4n) is 2.49. The Hall–Kier alpha value is -0.380. The van der Waals surface area contributed by atoms with E-state index in [1.807, 2.05) is 18.4 Å². The molecule has 2 rings (SSSR count). The first-order valence-corrected chi connectivity index (χ1v) is 6.88. The van der Waals surface area contributed by atoms with E-state index in [-0.39, 0.29) is 0 Å². The SMILES string of the molecule is CNC(CC1CCCO1)c1cc(C)sc1C. The number of aryl methyl sites for hydroxylation is 2. The van der Waals surface area contributed by atoms with Crippen LogP contribution >= 0.6 is 11.3 Å². The quantitative estimate of drug-likeness (QED) is 0.871. The molecule has 1 aromatic rings. The van der Waals surface area contributed by atoms with Crippen LogP contribution in [-0.2, 0) is 4.74 Å². The summed E-state index contributed by atoms with van der Waals surface area (Å²) >= 11 is 1.89. The molecule has 0 bridgehead atoms. The highest BCUT2D eigenvalue weighted by Gasteiger charge is 2.22. The van der Waals surface area contributed by atoms with Crippen LogP contribution in [0.2, 0.25) is 0 Å². The lowest BCUT2D eigenvalue weighted by atomic mass is 10.00. The zero-order valence-electron chi connectivity index (χ0n) is 10.4. The average Bonchev–Trinajstić information content (AvgIpc) is 2.85. The van der Waals surface area contributed by atoms with E-state index < -0.39 is 0 Å². The molecular formula is C13H21NOS. The van der Waals surface area contributed by atoms with Crippen LogP contribution in [0.25, 0.3) is 0 Å². The molecule has 0 amide bonds. The van der Waals surface area contributed by atoms with Gasteiger partial charge in [-0.2, -0.15) is 0 Å². The van der Waals surface area contributed by atoms with Gasteiger partial charge in [0.2, 0.25) is 0 Å². The standard InChI is InChI=1S/C13H21NOS/c1-9-7-12(10(2)16-9)13(14-3)8-11-5-4-6-15-11/h7,11,13-14H,4-6,8H2,1-3H3. The van der Waals surface area contributed by atoms with Gasteiger partial charge in [0, 0.05) is 22.4 Å². The summed E-state index contributed by atoms with van der Waals surface area (Å²) < 4.78 is 5.72. The Bertz CT molecular complexity index is 342. The van der Waals surface area contributed by atoms with Crippen molar-refractivity contribution in [3.05, 3.63) is 21.4 Å². The third kappa shape index (κ3) is 2.65. The summed E-state index contributed by atoms with van der Waals surface area (Å²) in [6.45, 7) is 5.34. The Morgan fingerprint density at radius 3 is 2.88 bits per heavy atom. The zero-order valence-corrected chi connectivity index (χ0v) is 11.2. The Labute approximate surface area is 102 Å². The monoisotopic (exact) mass is 239 g/mol. The van der Waals surface area contributed by atoms with Gasteiger partial charge in [-0.1, -0.05) is 0 Å².